The van der Waals surface area contributed by atoms with E-state index in [9.17, 15) is 4.79 Å². The van der Waals surface area contributed by atoms with Crippen molar-refractivity contribution in [3.8, 4) is 0 Å². The molecule has 3 fully saturated rings. The first-order valence-corrected chi connectivity index (χ1v) is 8.91. The van der Waals surface area contributed by atoms with Gasteiger partial charge in [-0.25, -0.2) is 0 Å². The van der Waals surface area contributed by atoms with Gasteiger partial charge in [-0.05, 0) is 38.2 Å². The van der Waals surface area contributed by atoms with Gasteiger partial charge in [0, 0.05) is 48.3 Å². The summed E-state index contributed by atoms with van der Waals surface area (Å²) in [5, 5.41) is 4.59. The number of piperidine rings is 3. The Kier molecular flexibility index (Phi) is 2.87. The Bertz CT molecular complexity index is 769. The number of aromatic nitrogens is 1. The highest BCUT2D eigenvalue weighted by Gasteiger charge is 2.41. The summed E-state index contributed by atoms with van der Waals surface area (Å²) in [4.78, 5) is 15.7. The molecule has 0 saturated carbocycles. The number of carbonyl (C=O) groups excluding carboxylic acids is 1. The summed E-state index contributed by atoms with van der Waals surface area (Å²) in [6.45, 7) is 4.45. The molecule has 0 unspecified atom stereocenters. The SMILES string of the molecule is O=C(NC12CCN(CC1)CC2)c1c2n(c3ccccc13)CCC2. The minimum Gasteiger partial charge on any atom is -0.346 e. The van der Waals surface area contributed by atoms with E-state index in [0.717, 1.165) is 69.2 Å². The summed E-state index contributed by atoms with van der Waals surface area (Å²) >= 11 is 0. The molecule has 120 valence electrons. The van der Waals surface area contributed by atoms with Crippen LogP contribution in [0.3, 0.4) is 0 Å². The van der Waals surface area contributed by atoms with E-state index in [4.69, 9.17) is 0 Å². The normalized spacial score (nSPS) is 29.0. The smallest absolute Gasteiger partial charge is 0.254 e. The summed E-state index contributed by atoms with van der Waals surface area (Å²) in [6.07, 6.45) is 5.49. The molecule has 1 aromatic carbocycles. The van der Waals surface area contributed by atoms with Crippen molar-refractivity contribution in [1.82, 2.24) is 14.8 Å². The lowest BCUT2D eigenvalue weighted by atomic mass is 9.79. The summed E-state index contributed by atoms with van der Waals surface area (Å²) < 4.78 is 2.35. The van der Waals surface area contributed by atoms with Gasteiger partial charge in [0.2, 0.25) is 0 Å². The van der Waals surface area contributed by atoms with Crippen LogP contribution in [0.2, 0.25) is 0 Å². The van der Waals surface area contributed by atoms with Crippen LogP contribution in [0.25, 0.3) is 10.9 Å². The molecule has 3 saturated heterocycles. The molecule has 2 bridgehead atoms. The number of nitrogens with one attached hydrogen (secondary N) is 1. The van der Waals surface area contributed by atoms with Gasteiger partial charge in [-0.3, -0.25) is 4.79 Å². The van der Waals surface area contributed by atoms with Crippen molar-refractivity contribution >= 4 is 16.8 Å². The lowest BCUT2D eigenvalue weighted by Gasteiger charge is -2.48. The van der Waals surface area contributed by atoms with E-state index >= 15 is 0 Å². The first kappa shape index (κ1) is 13.6. The number of hydrogen-bond acceptors (Lipinski definition) is 2. The molecule has 23 heavy (non-hydrogen) atoms. The van der Waals surface area contributed by atoms with E-state index in [-0.39, 0.29) is 11.4 Å². The molecule has 1 aromatic heterocycles. The summed E-state index contributed by atoms with van der Waals surface area (Å²) in [5.74, 6) is 0.159. The van der Waals surface area contributed by atoms with Crippen molar-refractivity contribution in [2.24, 2.45) is 0 Å². The van der Waals surface area contributed by atoms with Crippen molar-refractivity contribution in [3.05, 3.63) is 35.5 Å². The van der Waals surface area contributed by atoms with Gasteiger partial charge in [-0.15, -0.1) is 0 Å². The molecular weight excluding hydrogens is 286 g/mol. The second-order valence-electron chi connectivity index (χ2n) is 7.42. The first-order valence-electron chi connectivity index (χ1n) is 8.91. The monoisotopic (exact) mass is 309 g/mol. The molecule has 0 atom stereocenters. The average molecular weight is 309 g/mol. The van der Waals surface area contributed by atoms with Crippen LogP contribution in [0.4, 0.5) is 0 Å². The maximum atomic E-state index is 13.2. The molecule has 0 spiro atoms. The zero-order chi connectivity index (χ0) is 15.4. The Morgan fingerprint density at radius 1 is 1.04 bits per heavy atom. The number of benzene rings is 1. The highest BCUT2D eigenvalue weighted by atomic mass is 16.1. The molecule has 0 radical (unpaired) electrons. The average Bonchev–Trinajstić information content (AvgIpc) is 3.16. The standard InChI is InChI=1S/C19H23N3O/c23-18(20-19-7-11-21(12-8-19)13-9-19)17-14-4-1-2-5-15(14)22-10-3-6-16(17)22/h1-2,4-5H,3,6-13H2,(H,20,23). The fourth-order valence-corrected chi connectivity index (χ4v) is 4.85. The van der Waals surface area contributed by atoms with Crippen molar-refractivity contribution in [1.29, 1.82) is 0 Å². The molecule has 4 heteroatoms. The fraction of sp³-hybridized carbons (Fsp3) is 0.526. The van der Waals surface area contributed by atoms with Gasteiger partial charge >= 0.3 is 0 Å². The zero-order valence-corrected chi connectivity index (χ0v) is 13.5. The lowest BCUT2D eigenvalue weighted by molar-refractivity contribution is 0.0516. The summed E-state index contributed by atoms with van der Waals surface area (Å²) in [6, 6.07) is 8.38. The van der Waals surface area contributed by atoms with Crippen LogP contribution in [-0.2, 0) is 13.0 Å². The van der Waals surface area contributed by atoms with Crippen LogP contribution in [0.5, 0.6) is 0 Å². The van der Waals surface area contributed by atoms with E-state index in [1.54, 1.807) is 0 Å². The Labute approximate surface area is 136 Å². The molecule has 5 heterocycles. The Morgan fingerprint density at radius 3 is 2.57 bits per heavy atom. The Balaban J connectivity index is 1.54. The number of amides is 1. The predicted molar refractivity (Wildman–Crippen MR) is 90.7 cm³/mol. The molecule has 0 aliphatic carbocycles. The summed E-state index contributed by atoms with van der Waals surface area (Å²) in [7, 11) is 0. The van der Waals surface area contributed by atoms with Gasteiger partial charge in [0.15, 0.2) is 0 Å². The van der Waals surface area contributed by atoms with Gasteiger partial charge in [0.05, 0.1) is 5.56 Å². The zero-order valence-electron chi connectivity index (χ0n) is 13.5. The van der Waals surface area contributed by atoms with Crippen molar-refractivity contribution in [2.45, 2.75) is 44.2 Å². The largest absolute Gasteiger partial charge is 0.346 e. The number of nitrogens with zero attached hydrogens (tertiary/aromatic N) is 2. The second-order valence-corrected chi connectivity index (χ2v) is 7.42. The summed E-state index contributed by atoms with van der Waals surface area (Å²) in [5.41, 5.74) is 3.45. The van der Waals surface area contributed by atoms with Crippen molar-refractivity contribution in [2.75, 3.05) is 19.6 Å². The first-order chi connectivity index (χ1) is 11.3. The molecule has 4 aliphatic rings. The Morgan fingerprint density at radius 2 is 1.78 bits per heavy atom. The van der Waals surface area contributed by atoms with Crippen LogP contribution in [0.1, 0.15) is 41.7 Å². The van der Waals surface area contributed by atoms with Gasteiger partial charge in [0.25, 0.3) is 5.91 Å². The van der Waals surface area contributed by atoms with Crippen molar-refractivity contribution in [3.63, 3.8) is 0 Å². The molecule has 1 N–H and O–H groups in total. The van der Waals surface area contributed by atoms with E-state index in [1.165, 1.54) is 11.2 Å². The molecule has 2 aromatic rings. The number of rotatable bonds is 2. The highest BCUT2D eigenvalue weighted by molar-refractivity contribution is 6.09. The van der Waals surface area contributed by atoms with Crippen LogP contribution in [0, 0.1) is 0 Å². The molecule has 4 nitrogen and oxygen atoms in total. The number of carbonyl (C=O) groups is 1. The number of hydrogen-bond donors (Lipinski definition) is 1. The second kappa shape index (κ2) is 4.84. The van der Waals surface area contributed by atoms with Crippen LogP contribution in [0.15, 0.2) is 24.3 Å². The molecular formula is C19H23N3O. The molecule has 6 rings (SSSR count). The van der Waals surface area contributed by atoms with Gasteiger partial charge in [-0.2, -0.15) is 0 Å². The quantitative estimate of drug-likeness (QED) is 0.926. The third kappa shape index (κ3) is 1.97. The maximum Gasteiger partial charge on any atom is 0.254 e. The number of fused-ring (bicyclic) bond motifs is 6. The maximum absolute atomic E-state index is 13.2. The van der Waals surface area contributed by atoms with E-state index in [1.807, 2.05) is 6.07 Å². The van der Waals surface area contributed by atoms with E-state index < -0.39 is 0 Å². The number of aryl methyl sites for hydroxylation is 1. The third-order valence-corrected chi connectivity index (χ3v) is 6.20. The van der Waals surface area contributed by atoms with E-state index in [0.29, 0.717) is 0 Å². The van der Waals surface area contributed by atoms with E-state index in [2.05, 4.69) is 33.0 Å². The van der Waals surface area contributed by atoms with Crippen molar-refractivity contribution < 1.29 is 4.79 Å². The minimum absolute atomic E-state index is 0.0420. The third-order valence-electron chi connectivity index (χ3n) is 6.20. The van der Waals surface area contributed by atoms with Gasteiger partial charge in [-0.1, -0.05) is 18.2 Å². The van der Waals surface area contributed by atoms with Crippen LogP contribution < -0.4 is 5.32 Å². The van der Waals surface area contributed by atoms with Crippen LogP contribution in [-0.4, -0.2) is 40.5 Å². The Hall–Kier alpha value is -1.81. The highest BCUT2D eigenvalue weighted by Crippen LogP contribution is 2.35. The van der Waals surface area contributed by atoms with Crippen LogP contribution >= 0.6 is 0 Å². The lowest BCUT2D eigenvalue weighted by Crippen LogP contribution is -2.61. The van der Waals surface area contributed by atoms with Gasteiger partial charge in [0.1, 0.15) is 0 Å². The van der Waals surface area contributed by atoms with Gasteiger partial charge < -0.3 is 14.8 Å². The predicted octanol–water partition coefficient (Wildman–Crippen LogP) is 2.56. The fourth-order valence-electron chi connectivity index (χ4n) is 4.85. The molecule has 4 aliphatic heterocycles. The number of para-hydroxylation sites is 1. The topological polar surface area (TPSA) is 37.3 Å². The molecule has 1 amide bonds. The minimum atomic E-state index is 0.0420.